The summed E-state index contributed by atoms with van der Waals surface area (Å²) < 4.78 is 10.6. The number of hydrogen-bond acceptors (Lipinski definition) is 1. The highest BCUT2D eigenvalue weighted by molar-refractivity contribution is 6.94. The highest BCUT2D eigenvalue weighted by Crippen LogP contribution is 1.56. The van der Waals surface area contributed by atoms with Crippen LogP contribution in [0, 0.1) is 0 Å². The van der Waals surface area contributed by atoms with E-state index in [-0.39, 0.29) is 0 Å². The smallest absolute Gasteiger partial charge is 0.430 e. The van der Waals surface area contributed by atoms with Crippen molar-refractivity contribution >= 4 is 14.8 Å². The van der Waals surface area contributed by atoms with Crippen molar-refractivity contribution < 1.29 is 9.34 Å². The lowest BCUT2D eigenvalue weighted by Crippen LogP contribution is -2.00. The fraction of sp³-hybridized carbons (Fsp3) is 0. The molecule has 0 fully saturated rings. The molecule has 0 saturated carbocycles. The highest BCUT2D eigenvalue weighted by atomic mass is 19.1. The van der Waals surface area contributed by atoms with Crippen molar-refractivity contribution in [2.24, 2.45) is 0 Å². The van der Waals surface area contributed by atoms with Gasteiger partial charge in [0.05, 0.1) is 0 Å². The van der Waals surface area contributed by atoms with Crippen molar-refractivity contribution in [2.45, 2.75) is 0 Å². The van der Waals surface area contributed by atoms with Gasteiger partial charge in [0.1, 0.15) is 0 Å². The van der Waals surface area contributed by atoms with Crippen LogP contribution in [-0.2, 0) is 0 Å². The van der Waals surface area contributed by atoms with E-state index in [9.17, 15) is 4.32 Å². The second-order valence-electron chi connectivity index (χ2n) is 0.574. The summed E-state index contributed by atoms with van der Waals surface area (Å²) in [6.45, 7) is 0. The zero-order valence-corrected chi connectivity index (χ0v) is 2.40. The molecule has 0 heterocycles. The predicted molar refractivity (Wildman–Crippen MR) is 17.6 cm³/mol. The first-order valence-electron chi connectivity index (χ1n) is 1.05. The van der Waals surface area contributed by atoms with Crippen LogP contribution in [0.1, 0.15) is 0 Å². The summed E-state index contributed by atoms with van der Waals surface area (Å²) in [6.07, 6.45) is 0. The largest absolute Gasteiger partial charge is 0.440 e. The Morgan fingerprint density at radius 2 is 2.00 bits per heavy atom. The van der Waals surface area contributed by atoms with E-state index in [0.717, 1.165) is 7.74 Å². The fourth-order valence-electron chi connectivity index (χ4n) is 0. The SMILES string of the molecule is BB(O)F. The van der Waals surface area contributed by atoms with Crippen LogP contribution in [0.2, 0.25) is 0 Å². The Morgan fingerprint density at radius 3 is 2.00 bits per heavy atom. The van der Waals surface area contributed by atoms with E-state index in [4.69, 9.17) is 5.02 Å². The van der Waals surface area contributed by atoms with E-state index in [1.165, 1.54) is 0 Å². The minimum absolute atomic E-state index is 1.06. The zero-order chi connectivity index (χ0) is 3.58. The third-order valence-electron chi connectivity index (χ3n) is 0. The maximum atomic E-state index is 10.6. The lowest BCUT2D eigenvalue weighted by molar-refractivity contribution is 0.524. The molecule has 4 heavy (non-hydrogen) atoms. The van der Waals surface area contributed by atoms with E-state index < -0.39 is 7.08 Å². The van der Waals surface area contributed by atoms with Gasteiger partial charge in [0.2, 0.25) is 0 Å². The Balaban J connectivity index is 2.32. The lowest BCUT2D eigenvalue weighted by atomic mass is 9.67. The van der Waals surface area contributed by atoms with Crippen molar-refractivity contribution in [3.05, 3.63) is 0 Å². The third kappa shape index (κ3) is 5320. The van der Waals surface area contributed by atoms with Crippen LogP contribution < -0.4 is 0 Å². The van der Waals surface area contributed by atoms with Crippen molar-refractivity contribution in [1.29, 1.82) is 0 Å². The first-order chi connectivity index (χ1) is 1.73. The van der Waals surface area contributed by atoms with Gasteiger partial charge in [-0.1, -0.05) is 0 Å². The van der Waals surface area contributed by atoms with Crippen LogP contribution in [0.15, 0.2) is 0 Å². The van der Waals surface area contributed by atoms with Gasteiger partial charge in [0.15, 0.2) is 7.74 Å². The van der Waals surface area contributed by atoms with Gasteiger partial charge in [-0.15, -0.1) is 0 Å². The molecule has 0 unspecified atom stereocenters. The highest BCUT2D eigenvalue weighted by Gasteiger charge is 1.90. The molecular formula is H3B2FO. The van der Waals surface area contributed by atoms with Gasteiger partial charge >= 0.3 is 7.08 Å². The molecule has 1 nitrogen and oxygen atoms in total. The van der Waals surface area contributed by atoms with Crippen LogP contribution in [0.5, 0.6) is 0 Å². The summed E-state index contributed by atoms with van der Waals surface area (Å²) in [6, 6.07) is 0. The molecule has 0 aromatic heterocycles. The summed E-state index contributed by atoms with van der Waals surface area (Å²) in [5.41, 5.74) is 0. The van der Waals surface area contributed by atoms with Gasteiger partial charge in [-0.3, -0.25) is 0 Å². The number of rotatable bonds is 0. The minimum Gasteiger partial charge on any atom is -0.430 e. The Kier molecular flexibility index (Phi) is 1.36. The van der Waals surface area contributed by atoms with Gasteiger partial charge in [0, 0.05) is 0 Å². The first kappa shape index (κ1) is 4.02. The molecule has 0 aliphatic heterocycles. The molecule has 0 saturated heterocycles. The van der Waals surface area contributed by atoms with Gasteiger partial charge in [-0.05, 0) is 0 Å². The van der Waals surface area contributed by atoms with E-state index in [0.29, 0.717) is 0 Å². The molecule has 0 rings (SSSR count). The fourth-order valence-corrected chi connectivity index (χ4v) is 0. The molecule has 0 radical (unpaired) electrons. The zero-order valence-electron chi connectivity index (χ0n) is 2.40. The standard InChI is InChI=1S/B2FH3O/c1-2(3)4/h4H,1H2. The van der Waals surface area contributed by atoms with Crippen LogP contribution in [0.3, 0.4) is 0 Å². The maximum absolute atomic E-state index is 10.6. The summed E-state index contributed by atoms with van der Waals surface area (Å²) in [5.74, 6) is 0. The Bertz CT molecular complexity index is 10.8. The summed E-state index contributed by atoms with van der Waals surface area (Å²) in [5, 5.41) is 7.39. The summed E-state index contributed by atoms with van der Waals surface area (Å²) >= 11 is 0. The monoisotopic (exact) mass is 60.0 g/mol. The minimum atomic E-state index is -1.67. The second-order valence-corrected chi connectivity index (χ2v) is 0.574. The van der Waals surface area contributed by atoms with E-state index in [1.54, 1.807) is 0 Å². The molecule has 1 N–H and O–H groups in total. The Hall–Kier alpha value is 0.0199. The first-order valence-corrected chi connectivity index (χ1v) is 1.05. The van der Waals surface area contributed by atoms with Gasteiger partial charge in [0.25, 0.3) is 0 Å². The average molecular weight is 59.6 g/mol. The number of hydrogen-bond donors (Lipinski definition) is 1. The Morgan fingerprint density at radius 1 is 2.00 bits per heavy atom. The van der Waals surface area contributed by atoms with E-state index >= 15 is 0 Å². The van der Waals surface area contributed by atoms with Crippen molar-refractivity contribution in [3.63, 3.8) is 0 Å². The Labute approximate surface area is 25.4 Å². The third-order valence-corrected chi connectivity index (χ3v) is 0. The van der Waals surface area contributed by atoms with E-state index in [1.807, 2.05) is 0 Å². The predicted octanol–water partition coefficient (Wildman–Crippen LogP) is -1.43. The average Bonchev–Trinajstić information content (AvgIpc) is 0.811. The molecule has 0 aliphatic carbocycles. The van der Waals surface area contributed by atoms with Crippen LogP contribution in [-0.4, -0.2) is 19.8 Å². The van der Waals surface area contributed by atoms with Crippen LogP contribution >= 0.6 is 0 Å². The molecule has 0 aliphatic rings. The molecule has 0 bridgehead atoms. The summed E-state index contributed by atoms with van der Waals surface area (Å²) in [7, 11) is -0.611. The second kappa shape index (κ2) is 1.35. The van der Waals surface area contributed by atoms with Crippen LogP contribution in [0.25, 0.3) is 0 Å². The molecule has 4 heteroatoms. The number of halogens is 1. The van der Waals surface area contributed by atoms with Crippen molar-refractivity contribution in [2.75, 3.05) is 0 Å². The molecule has 0 atom stereocenters. The van der Waals surface area contributed by atoms with Crippen molar-refractivity contribution in [1.82, 2.24) is 0 Å². The molecule has 0 aromatic rings. The summed E-state index contributed by atoms with van der Waals surface area (Å²) in [4.78, 5) is 0. The maximum Gasteiger partial charge on any atom is 0.440 e. The lowest BCUT2D eigenvalue weighted by Gasteiger charge is -1.66. The topological polar surface area (TPSA) is 20.2 Å². The van der Waals surface area contributed by atoms with E-state index in [2.05, 4.69) is 0 Å². The van der Waals surface area contributed by atoms with Gasteiger partial charge in [-0.2, -0.15) is 0 Å². The molecular weight excluding hydrogens is 56.6 g/mol. The normalized spacial score (nSPS) is 6.50. The molecule has 0 amide bonds. The molecule has 22 valence electrons. The van der Waals surface area contributed by atoms with Gasteiger partial charge in [-0.25, -0.2) is 0 Å². The quantitative estimate of drug-likeness (QED) is 0.339. The molecule has 0 aromatic carbocycles. The molecule has 0 spiro atoms. The van der Waals surface area contributed by atoms with Gasteiger partial charge < -0.3 is 9.34 Å². The van der Waals surface area contributed by atoms with Crippen LogP contribution in [0.4, 0.5) is 4.32 Å². The van der Waals surface area contributed by atoms with Crippen molar-refractivity contribution in [3.8, 4) is 0 Å².